The molecule has 0 unspecified atom stereocenters. The fraction of sp³-hybridized carbons (Fsp3) is 0.545. The van der Waals surface area contributed by atoms with Crippen molar-refractivity contribution in [2.75, 3.05) is 13.2 Å². The van der Waals surface area contributed by atoms with Crippen LogP contribution in [0.4, 0.5) is 0 Å². The van der Waals surface area contributed by atoms with Crippen LogP contribution in [0.25, 0.3) is 10.8 Å². The standard InChI is InChI=1S/C18H24O3S.C4H10O.Na/c1-3-5-9-14-13-15-10-7-8-12-17(15)18(22(19,20)21)16(14)11-6-4-2;1-3-5-4-2;/h7-8,10,12-13H,3-6,9,11H2,1-2H3,(H,19,20,21);3-4H2,1-2H3;/q;;+1/p-1. The Morgan fingerprint density at radius 1 is 0.929 bits per heavy atom. The molecule has 2 aromatic carbocycles. The van der Waals surface area contributed by atoms with E-state index in [0.717, 1.165) is 61.8 Å². The van der Waals surface area contributed by atoms with E-state index in [1.807, 2.05) is 26.0 Å². The summed E-state index contributed by atoms with van der Waals surface area (Å²) in [6.07, 6.45) is 5.37. The largest absolute Gasteiger partial charge is 1.00 e. The van der Waals surface area contributed by atoms with Crippen LogP contribution in [-0.2, 0) is 27.7 Å². The Hall–Kier alpha value is -0.430. The summed E-state index contributed by atoms with van der Waals surface area (Å²) in [5.74, 6) is 0. The molecular formula is C22H33NaO4S. The summed E-state index contributed by atoms with van der Waals surface area (Å²) in [5.41, 5.74) is 1.76. The maximum Gasteiger partial charge on any atom is 1.00 e. The van der Waals surface area contributed by atoms with E-state index in [4.69, 9.17) is 4.74 Å². The number of fused-ring (bicyclic) bond motifs is 1. The fourth-order valence-corrected chi connectivity index (χ4v) is 4.11. The Balaban J connectivity index is 0.00000108. The van der Waals surface area contributed by atoms with Gasteiger partial charge in [0.1, 0.15) is 10.1 Å². The summed E-state index contributed by atoms with van der Waals surface area (Å²) in [7, 11) is -4.49. The van der Waals surface area contributed by atoms with Crippen molar-refractivity contribution in [3.63, 3.8) is 0 Å². The minimum atomic E-state index is -4.49. The molecule has 0 saturated carbocycles. The molecule has 0 bridgehead atoms. The van der Waals surface area contributed by atoms with Gasteiger partial charge < -0.3 is 9.29 Å². The number of rotatable bonds is 9. The van der Waals surface area contributed by atoms with E-state index >= 15 is 0 Å². The first-order valence-corrected chi connectivity index (χ1v) is 11.4. The van der Waals surface area contributed by atoms with Crippen molar-refractivity contribution in [2.45, 2.75) is 71.1 Å². The number of unbranched alkanes of at least 4 members (excludes halogenated alkanes) is 2. The SMILES string of the molecule is CCCCc1cc2ccccc2c(S(=O)(=O)[O-])c1CCCC.CCOCC.[Na+]. The molecule has 0 aliphatic heterocycles. The molecule has 0 aliphatic carbocycles. The Kier molecular flexibility index (Phi) is 14.3. The fourth-order valence-electron chi connectivity index (χ4n) is 3.12. The number of aryl methyl sites for hydroxylation is 1. The zero-order valence-corrected chi connectivity index (χ0v) is 20.9. The Labute approximate surface area is 193 Å². The van der Waals surface area contributed by atoms with Gasteiger partial charge in [-0.05, 0) is 61.4 Å². The summed E-state index contributed by atoms with van der Waals surface area (Å²) in [4.78, 5) is 0.00477. The molecule has 0 aromatic heterocycles. The monoisotopic (exact) mass is 416 g/mol. The van der Waals surface area contributed by atoms with Crippen LogP contribution in [0.5, 0.6) is 0 Å². The van der Waals surface area contributed by atoms with E-state index in [1.54, 1.807) is 12.1 Å². The summed E-state index contributed by atoms with van der Waals surface area (Å²) in [6, 6.07) is 9.33. The maximum atomic E-state index is 11.9. The molecule has 0 heterocycles. The molecule has 2 aromatic rings. The van der Waals surface area contributed by atoms with Crippen molar-refractivity contribution < 1.29 is 47.3 Å². The van der Waals surface area contributed by atoms with Gasteiger partial charge in [-0.1, -0.05) is 57.0 Å². The van der Waals surface area contributed by atoms with Crippen LogP contribution in [0, 0.1) is 0 Å². The third-order valence-electron chi connectivity index (χ3n) is 4.44. The van der Waals surface area contributed by atoms with Crippen LogP contribution >= 0.6 is 0 Å². The van der Waals surface area contributed by atoms with Gasteiger partial charge in [-0.2, -0.15) is 0 Å². The van der Waals surface area contributed by atoms with Crippen LogP contribution in [0.1, 0.15) is 64.5 Å². The van der Waals surface area contributed by atoms with Gasteiger partial charge in [0.15, 0.2) is 0 Å². The Bertz CT molecular complexity index is 802. The zero-order chi connectivity index (χ0) is 20.3. The molecule has 152 valence electrons. The molecule has 0 aliphatic rings. The van der Waals surface area contributed by atoms with Crippen LogP contribution in [0.3, 0.4) is 0 Å². The average molecular weight is 417 g/mol. The van der Waals surface area contributed by atoms with Crippen molar-refractivity contribution in [2.24, 2.45) is 0 Å². The van der Waals surface area contributed by atoms with E-state index < -0.39 is 10.1 Å². The van der Waals surface area contributed by atoms with Gasteiger partial charge in [0, 0.05) is 13.2 Å². The van der Waals surface area contributed by atoms with E-state index in [2.05, 4.69) is 19.9 Å². The molecule has 0 atom stereocenters. The van der Waals surface area contributed by atoms with E-state index in [-0.39, 0.29) is 34.5 Å². The van der Waals surface area contributed by atoms with E-state index in [9.17, 15) is 13.0 Å². The van der Waals surface area contributed by atoms with E-state index in [1.165, 1.54) is 0 Å². The predicted octanol–water partition coefficient (Wildman–Crippen LogP) is 2.48. The van der Waals surface area contributed by atoms with E-state index in [0.29, 0.717) is 11.8 Å². The second kappa shape index (κ2) is 14.5. The molecule has 0 amide bonds. The molecule has 0 spiro atoms. The molecule has 2 rings (SSSR count). The molecular weight excluding hydrogens is 383 g/mol. The smallest absolute Gasteiger partial charge is 0.744 e. The first-order valence-electron chi connectivity index (χ1n) is 9.97. The first kappa shape index (κ1) is 27.6. The molecule has 28 heavy (non-hydrogen) atoms. The van der Waals surface area contributed by atoms with Gasteiger partial charge in [-0.25, -0.2) is 8.42 Å². The van der Waals surface area contributed by atoms with Gasteiger partial charge in [0.25, 0.3) is 0 Å². The Morgan fingerprint density at radius 3 is 2.00 bits per heavy atom. The molecule has 0 saturated heterocycles. The third-order valence-corrected chi connectivity index (χ3v) is 5.40. The van der Waals surface area contributed by atoms with Crippen molar-refractivity contribution in [3.05, 3.63) is 41.5 Å². The maximum absolute atomic E-state index is 11.9. The van der Waals surface area contributed by atoms with Gasteiger partial charge in [-0.15, -0.1) is 0 Å². The average Bonchev–Trinajstić information content (AvgIpc) is 2.64. The second-order valence-electron chi connectivity index (χ2n) is 6.51. The minimum absolute atomic E-state index is 0. The molecule has 0 N–H and O–H groups in total. The number of benzene rings is 2. The van der Waals surface area contributed by atoms with Crippen LogP contribution < -0.4 is 29.6 Å². The summed E-state index contributed by atoms with van der Waals surface area (Å²) >= 11 is 0. The molecule has 6 heteroatoms. The summed E-state index contributed by atoms with van der Waals surface area (Å²) in [6.45, 7) is 9.84. The minimum Gasteiger partial charge on any atom is -0.744 e. The topological polar surface area (TPSA) is 66.4 Å². The van der Waals surface area contributed by atoms with Gasteiger partial charge in [-0.3, -0.25) is 0 Å². The van der Waals surface area contributed by atoms with Crippen LogP contribution in [-0.4, -0.2) is 26.2 Å². The molecule has 0 radical (unpaired) electrons. The van der Waals surface area contributed by atoms with Gasteiger partial charge in [0.05, 0.1) is 4.90 Å². The third kappa shape index (κ3) is 8.52. The normalized spacial score (nSPS) is 10.9. The summed E-state index contributed by atoms with van der Waals surface area (Å²) < 4.78 is 40.5. The van der Waals surface area contributed by atoms with Crippen molar-refractivity contribution >= 4 is 20.9 Å². The number of ether oxygens (including phenoxy) is 1. The number of hydrogen-bond acceptors (Lipinski definition) is 4. The first-order chi connectivity index (χ1) is 12.9. The van der Waals surface area contributed by atoms with Gasteiger partial charge in [0.2, 0.25) is 0 Å². The number of hydrogen-bond donors (Lipinski definition) is 0. The van der Waals surface area contributed by atoms with Gasteiger partial charge >= 0.3 is 29.6 Å². The van der Waals surface area contributed by atoms with Crippen LogP contribution in [0.2, 0.25) is 0 Å². The Morgan fingerprint density at radius 2 is 1.50 bits per heavy atom. The van der Waals surface area contributed by atoms with Crippen molar-refractivity contribution in [3.8, 4) is 0 Å². The predicted molar refractivity (Wildman–Crippen MR) is 111 cm³/mol. The summed E-state index contributed by atoms with van der Waals surface area (Å²) in [5, 5.41) is 1.40. The molecule has 4 nitrogen and oxygen atoms in total. The quantitative estimate of drug-likeness (QED) is 0.465. The van der Waals surface area contributed by atoms with Crippen LogP contribution in [0.15, 0.2) is 35.2 Å². The zero-order valence-electron chi connectivity index (χ0n) is 18.1. The molecule has 0 fully saturated rings. The van der Waals surface area contributed by atoms with Crippen molar-refractivity contribution in [1.82, 2.24) is 0 Å². The second-order valence-corrected chi connectivity index (χ2v) is 7.82. The van der Waals surface area contributed by atoms with Crippen molar-refractivity contribution in [1.29, 1.82) is 0 Å².